The Bertz CT molecular complexity index is 2680. The summed E-state index contributed by atoms with van der Waals surface area (Å²) in [5.41, 5.74) is 16.4. The number of nitrogens with zero attached hydrogens (tertiary/aromatic N) is 1. The van der Waals surface area contributed by atoms with Gasteiger partial charge in [0.05, 0.1) is 11.4 Å². The Morgan fingerprint density at radius 1 is 0.623 bits per heavy atom. The molecule has 0 bridgehead atoms. The monoisotopic (exact) mass is 679 g/mol. The van der Waals surface area contributed by atoms with Crippen molar-refractivity contribution < 1.29 is 0 Å². The predicted molar refractivity (Wildman–Crippen MR) is 228 cm³/mol. The largest absolute Gasteiger partial charge is 0.248 e. The molecular formula is C52H41N. The fourth-order valence-corrected chi connectivity index (χ4v) is 8.09. The lowest BCUT2D eigenvalue weighted by atomic mass is 9.86. The van der Waals surface area contributed by atoms with E-state index in [1.54, 1.807) is 0 Å². The van der Waals surface area contributed by atoms with Crippen LogP contribution in [-0.2, 0) is 6.42 Å². The highest BCUT2D eigenvalue weighted by Crippen LogP contribution is 2.47. The molecule has 0 aliphatic heterocycles. The van der Waals surface area contributed by atoms with Gasteiger partial charge in [0, 0.05) is 11.1 Å². The van der Waals surface area contributed by atoms with Gasteiger partial charge in [-0.2, -0.15) is 0 Å². The van der Waals surface area contributed by atoms with Crippen LogP contribution in [-0.4, -0.2) is 5.71 Å². The maximum atomic E-state index is 5.32. The van der Waals surface area contributed by atoms with Crippen LogP contribution >= 0.6 is 0 Å². The van der Waals surface area contributed by atoms with E-state index in [9.17, 15) is 0 Å². The Kier molecular flexibility index (Phi) is 8.41. The van der Waals surface area contributed by atoms with E-state index in [2.05, 4.69) is 190 Å². The Hall–Kier alpha value is -6.31. The van der Waals surface area contributed by atoms with Gasteiger partial charge in [-0.1, -0.05) is 159 Å². The summed E-state index contributed by atoms with van der Waals surface area (Å²) in [6.45, 7) is 9.08. The lowest BCUT2D eigenvalue weighted by molar-refractivity contribution is 0.739. The quantitative estimate of drug-likeness (QED) is 0.149. The van der Waals surface area contributed by atoms with Crippen molar-refractivity contribution in [3.8, 4) is 22.3 Å². The molecule has 0 amide bonds. The van der Waals surface area contributed by atoms with Gasteiger partial charge >= 0.3 is 0 Å². The zero-order valence-electron chi connectivity index (χ0n) is 30.3. The van der Waals surface area contributed by atoms with Gasteiger partial charge < -0.3 is 0 Å². The van der Waals surface area contributed by atoms with Gasteiger partial charge in [-0.25, -0.2) is 4.99 Å². The summed E-state index contributed by atoms with van der Waals surface area (Å²) in [6, 6.07) is 52.7. The van der Waals surface area contributed by atoms with Crippen LogP contribution < -0.4 is 0 Å². The van der Waals surface area contributed by atoms with E-state index in [1.165, 1.54) is 71.6 Å². The molecule has 0 aromatic heterocycles. The van der Waals surface area contributed by atoms with Crippen LogP contribution in [0.4, 0.5) is 0 Å². The van der Waals surface area contributed by atoms with Crippen molar-refractivity contribution in [1.29, 1.82) is 0 Å². The summed E-state index contributed by atoms with van der Waals surface area (Å²) < 4.78 is 0. The highest BCUT2D eigenvalue weighted by molar-refractivity contribution is 6.14. The molecule has 1 unspecified atom stereocenters. The molecule has 2 aliphatic carbocycles. The molecule has 2 aliphatic rings. The number of rotatable bonds is 7. The lowest BCUT2D eigenvalue weighted by Crippen LogP contribution is -2.00. The summed E-state index contributed by atoms with van der Waals surface area (Å²) in [6.07, 6.45) is 11.2. The summed E-state index contributed by atoms with van der Waals surface area (Å²) in [7, 11) is 0. The molecule has 0 fully saturated rings. The third-order valence-corrected chi connectivity index (χ3v) is 11.0. The topological polar surface area (TPSA) is 12.4 Å². The molecule has 1 nitrogen and oxygen atoms in total. The molecule has 7 aromatic carbocycles. The van der Waals surface area contributed by atoms with E-state index in [1.807, 2.05) is 0 Å². The van der Waals surface area contributed by atoms with Crippen molar-refractivity contribution in [1.82, 2.24) is 0 Å². The van der Waals surface area contributed by atoms with Gasteiger partial charge in [-0.05, 0) is 127 Å². The molecular weight excluding hydrogens is 639 g/mol. The second-order valence-electron chi connectivity index (χ2n) is 14.5. The maximum Gasteiger partial charge on any atom is 0.0712 e. The highest BCUT2D eigenvalue weighted by atomic mass is 14.8. The van der Waals surface area contributed by atoms with Crippen molar-refractivity contribution in [3.63, 3.8) is 0 Å². The molecule has 0 saturated heterocycles. The Morgan fingerprint density at radius 3 is 1.92 bits per heavy atom. The summed E-state index contributed by atoms with van der Waals surface area (Å²) in [4.78, 5) is 5.32. The van der Waals surface area contributed by atoms with E-state index in [0.717, 1.165) is 41.0 Å². The van der Waals surface area contributed by atoms with Crippen molar-refractivity contribution in [2.24, 2.45) is 10.9 Å². The number of hydrogen-bond donors (Lipinski definition) is 0. The molecule has 0 heterocycles. The van der Waals surface area contributed by atoms with Gasteiger partial charge in [0.1, 0.15) is 0 Å². The first-order chi connectivity index (χ1) is 26.0. The first kappa shape index (κ1) is 32.6. The van der Waals surface area contributed by atoms with E-state index in [0.29, 0.717) is 5.92 Å². The number of allylic oxidation sites excluding steroid dienone is 6. The van der Waals surface area contributed by atoms with Gasteiger partial charge in [0.25, 0.3) is 0 Å². The minimum atomic E-state index is 0.573. The third kappa shape index (κ3) is 6.19. The summed E-state index contributed by atoms with van der Waals surface area (Å²) in [5.74, 6) is 0.573. The Labute approximate surface area is 312 Å². The summed E-state index contributed by atoms with van der Waals surface area (Å²) in [5, 5.41) is 5.08. The van der Waals surface area contributed by atoms with Crippen LogP contribution in [0.5, 0.6) is 0 Å². The van der Waals surface area contributed by atoms with Gasteiger partial charge in [0.15, 0.2) is 0 Å². The number of fused-ring (bicyclic) bond motifs is 5. The van der Waals surface area contributed by atoms with E-state index in [-0.39, 0.29) is 0 Å². The van der Waals surface area contributed by atoms with Gasteiger partial charge in [-0.15, -0.1) is 0 Å². The number of benzene rings is 7. The SMILES string of the molecule is C=C(N=C(/C=C(\C)c1ccccc1)c1ccccc1)c1cc2c(c(-c3ccc(C4=CCC(C)C=C4)c4ccccc34)c1)Cc1cc3ccccc3cc1-2. The molecule has 1 heteroatoms. The number of aliphatic imine (C=N–C) groups is 1. The minimum Gasteiger partial charge on any atom is -0.248 e. The first-order valence-electron chi connectivity index (χ1n) is 18.7. The fourth-order valence-electron chi connectivity index (χ4n) is 8.09. The Morgan fingerprint density at radius 2 is 1.23 bits per heavy atom. The van der Waals surface area contributed by atoms with Crippen LogP contribution in [0.15, 0.2) is 181 Å². The smallest absolute Gasteiger partial charge is 0.0712 e. The van der Waals surface area contributed by atoms with Crippen LogP contribution in [0, 0.1) is 5.92 Å². The maximum absolute atomic E-state index is 5.32. The van der Waals surface area contributed by atoms with E-state index < -0.39 is 0 Å². The Balaban J connectivity index is 1.24. The molecule has 0 N–H and O–H groups in total. The van der Waals surface area contributed by atoms with Crippen LogP contribution in [0.25, 0.3) is 60.6 Å². The standard InChI is InChI=1S/C52H41N/c1-34-22-24-38(25-23-34)44-26-27-47(46-21-13-12-20-45(44)46)49-31-42(32-50-48-30-41-19-11-10-18-40(41)29-43(48)33-51(49)50)36(3)53-52(39-16-8-5-9-17-39)28-35(2)37-14-6-4-7-15-37/h4-22,24-32,34H,3,23,33H2,1-2H3/b35-28+,53-52?. The molecule has 53 heavy (non-hydrogen) atoms. The molecule has 254 valence electrons. The predicted octanol–water partition coefficient (Wildman–Crippen LogP) is 13.8. The van der Waals surface area contributed by atoms with Crippen molar-refractivity contribution in [3.05, 3.63) is 210 Å². The minimum absolute atomic E-state index is 0.573. The highest BCUT2D eigenvalue weighted by Gasteiger charge is 2.25. The van der Waals surface area contributed by atoms with Crippen molar-refractivity contribution in [2.45, 2.75) is 26.7 Å². The molecule has 9 rings (SSSR count). The lowest BCUT2D eigenvalue weighted by Gasteiger charge is -2.18. The van der Waals surface area contributed by atoms with Gasteiger partial charge in [0.2, 0.25) is 0 Å². The number of hydrogen-bond acceptors (Lipinski definition) is 1. The van der Waals surface area contributed by atoms with Crippen molar-refractivity contribution >= 4 is 44.1 Å². The summed E-state index contributed by atoms with van der Waals surface area (Å²) >= 11 is 0. The average molecular weight is 680 g/mol. The molecule has 7 aromatic rings. The first-order valence-corrected chi connectivity index (χ1v) is 18.7. The molecule has 0 saturated carbocycles. The second-order valence-corrected chi connectivity index (χ2v) is 14.5. The van der Waals surface area contributed by atoms with Crippen LogP contribution in [0.3, 0.4) is 0 Å². The molecule has 0 radical (unpaired) electrons. The van der Waals surface area contributed by atoms with E-state index in [4.69, 9.17) is 4.99 Å². The van der Waals surface area contributed by atoms with Crippen LogP contribution in [0.1, 0.15) is 53.6 Å². The molecule has 1 atom stereocenters. The van der Waals surface area contributed by atoms with E-state index >= 15 is 0 Å². The van der Waals surface area contributed by atoms with Crippen LogP contribution in [0.2, 0.25) is 0 Å². The fraction of sp³-hybridized carbons (Fsp3) is 0.0962. The third-order valence-electron chi connectivity index (χ3n) is 11.0. The second kappa shape index (κ2) is 13.7. The normalized spacial score (nSPS) is 15.4. The average Bonchev–Trinajstić information content (AvgIpc) is 3.57. The molecule has 0 spiro atoms. The van der Waals surface area contributed by atoms with Crippen molar-refractivity contribution in [2.75, 3.05) is 0 Å². The zero-order valence-corrected chi connectivity index (χ0v) is 30.3. The zero-order chi connectivity index (χ0) is 35.9. The van der Waals surface area contributed by atoms with Gasteiger partial charge in [-0.3, -0.25) is 0 Å².